The van der Waals surface area contributed by atoms with Crippen LogP contribution in [0.4, 0.5) is 5.69 Å². The number of anilines is 1. The molecule has 2 rings (SSSR count). The molecule has 0 spiro atoms. The molecule has 7 heteroatoms. The van der Waals surface area contributed by atoms with E-state index >= 15 is 0 Å². The van der Waals surface area contributed by atoms with E-state index in [1.807, 2.05) is 12.1 Å². The van der Waals surface area contributed by atoms with Crippen LogP contribution in [0.5, 0.6) is 0 Å². The number of aromatic nitrogens is 1. The van der Waals surface area contributed by atoms with Gasteiger partial charge in [0.2, 0.25) is 0 Å². The topological polar surface area (TPSA) is 80.0 Å². The highest BCUT2D eigenvalue weighted by molar-refractivity contribution is 9.11. The summed E-state index contributed by atoms with van der Waals surface area (Å²) in [7, 11) is 0. The third kappa shape index (κ3) is 3.76. The highest BCUT2D eigenvalue weighted by Gasteiger charge is 2.10. The molecule has 0 aliphatic heterocycles. The molecule has 0 fully saturated rings. The predicted octanol–water partition coefficient (Wildman–Crippen LogP) is 2.16. The first kappa shape index (κ1) is 14.0. The molecule has 4 N–H and O–H groups in total. The Labute approximate surface area is 123 Å². The summed E-state index contributed by atoms with van der Waals surface area (Å²) in [5, 5.41) is 2.86. The number of halogens is 1. The summed E-state index contributed by atoms with van der Waals surface area (Å²) < 4.78 is 1.09. The number of rotatable bonds is 5. The van der Waals surface area contributed by atoms with Gasteiger partial charge in [-0.05, 0) is 40.5 Å². The zero-order chi connectivity index (χ0) is 13.7. The molecule has 0 saturated heterocycles. The normalized spacial score (nSPS) is 10.2. The Morgan fingerprint density at radius 2 is 2.26 bits per heavy atom. The van der Waals surface area contributed by atoms with E-state index in [1.165, 1.54) is 11.1 Å². The fraction of sp³-hybridized carbons (Fsp3) is 0.167. The molecule has 0 aliphatic rings. The molecule has 0 atom stereocenters. The Morgan fingerprint density at radius 1 is 1.42 bits per heavy atom. The Kier molecular flexibility index (Phi) is 4.89. The van der Waals surface area contributed by atoms with Crippen LogP contribution in [-0.2, 0) is 6.42 Å². The second-order valence-electron chi connectivity index (χ2n) is 3.78. The summed E-state index contributed by atoms with van der Waals surface area (Å²) in [6.45, 7) is 0.581. The second kappa shape index (κ2) is 6.65. The molecule has 5 nitrogen and oxygen atoms in total. The molecule has 1 amide bonds. The van der Waals surface area contributed by atoms with Gasteiger partial charge in [-0.25, -0.2) is 0 Å². The van der Waals surface area contributed by atoms with Crippen molar-refractivity contribution in [1.29, 1.82) is 0 Å². The molecule has 0 bridgehead atoms. The second-order valence-corrected chi connectivity index (χ2v) is 6.32. The van der Waals surface area contributed by atoms with Gasteiger partial charge in [-0.1, -0.05) is 0 Å². The lowest BCUT2D eigenvalue weighted by atomic mass is 10.2. The fourth-order valence-electron chi connectivity index (χ4n) is 1.59. The van der Waals surface area contributed by atoms with Crippen LogP contribution in [0.15, 0.2) is 34.4 Å². The minimum Gasteiger partial charge on any atom is -0.352 e. The van der Waals surface area contributed by atoms with Gasteiger partial charge < -0.3 is 10.7 Å². The van der Waals surface area contributed by atoms with Gasteiger partial charge in [0.25, 0.3) is 5.91 Å². The number of thiophene rings is 1. The number of amides is 1. The van der Waals surface area contributed by atoms with E-state index in [1.54, 1.807) is 23.6 Å². The van der Waals surface area contributed by atoms with Crippen molar-refractivity contribution in [3.05, 3.63) is 44.8 Å². The lowest BCUT2D eigenvalue weighted by Gasteiger charge is -2.08. The smallest absolute Gasteiger partial charge is 0.253 e. The number of nitrogens with two attached hydrogens (primary N) is 1. The average Bonchev–Trinajstić information content (AvgIpc) is 2.84. The summed E-state index contributed by atoms with van der Waals surface area (Å²) in [5.74, 6) is 5.18. The largest absolute Gasteiger partial charge is 0.352 e. The zero-order valence-electron chi connectivity index (χ0n) is 10.0. The molecular formula is C12H13BrN4OS. The van der Waals surface area contributed by atoms with Crippen LogP contribution in [0.3, 0.4) is 0 Å². The summed E-state index contributed by atoms with van der Waals surface area (Å²) in [6, 6.07) is 5.67. The van der Waals surface area contributed by atoms with Crippen LogP contribution < -0.4 is 16.6 Å². The minimum atomic E-state index is -0.161. The van der Waals surface area contributed by atoms with Gasteiger partial charge >= 0.3 is 0 Å². The predicted molar refractivity (Wildman–Crippen MR) is 80.1 cm³/mol. The Balaban J connectivity index is 1.90. The Morgan fingerprint density at radius 3 is 2.95 bits per heavy atom. The van der Waals surface area contributed by atoms with Crippen LogP contribution in [0.1, 0.15) is 15.2 Å². The quantitative estimate of drug-likeness (QED) is 0.575. The van der Waals surface area contributed by atoms with E-state index in [9.17, 15) is 4.79 Å². The first-order valence-electron chi connectivity index (χ1n) is 5.63. The molecule has 0 saturated carbocycles. The van der Waals surface area contributed by atoms with Crippen molar-refractivity contribution >= 4 is 38.9 Å². The van der Waals surface area contributed by atoms with Gasteiger partial charge in [0.05, 0.1) is 21.2 Å². The molecule has 0 aliphatic carbocycles. The monoisotopic (exact) mass is 340 g/mol. The molecule has 0 radical (unpaired) electrons. The number of carbonyl (C=O) groups excluding carboxylic acids is 1. The molecule has 2 heterocycles. The van der Waals surface area contributed by atoms with Crippen molar-refractivity contribution in [2.45, 2.75) is 6.42 Å². The van der Waals surface area contributed by atoms with Crippen LogP contribution in [0.2, 0.25) is 0 Å². The molecule has 100 valence electrons. The highest BCUT2D eigenvalue weighted by Crippen LogP contribution is 2.22. The molecule has 0 aromatic carbocycles. The van der Waals surface area contributed by atoms with E-state index < -0.39 is 0 Å². The number of nitrogens with zero attached hydrogens (tertiary/aromatic N) is 1. The standard InChI is InChI=1S/C12H13BrN4OS/c13-11-2-1-8(19-11)3-6-16-12(18)9-4-5-15-7-10(9)17-14/h1-2,4-5,7,17H,3,6,14H2,(H,16,18). The molecule has 2 aromatic heterocycles. The van der Waals surface area contributed by atoms with Gasteiger partial charge in [-0.2, -0.15) is 0 Å². The van der Waals surface area contributed by atoms with Crippen LogP contribution >= 0.6 is 27.3 Å². The van der Waals surface area contributed by atoms with Crippen LogP contribution in [0.25, 0.3) is 0 Å². The number of hydrogen-bond donors (Lipinski definition) is 3. The first-order valence-corrected chi connectivity index (χ1v) is 7.24. The third-order valence-electron chi connectivity index (χ3n) is 2.51. The summed E-state index contributed by atoms with van der Waals surface area (Å²) in [4.78, 5) is 17.1. The van der Waals surface area contributed by atoms with Crippen molar-refractivity contribution in [2.24, 2.45) is 5.84 Å². The number of nitrogens with one attached hydrogen (secondary N) is 2. The Bertz CT molecular complexity index is 572. The molecular weight excluding hydrogens is 328 g/mol. The molecule has 0 unspecified atom stereocenters. The van der Waals surface area contributed by atoms with Crippen LogP contribution in [0, 0.1) is 0 Å². The van der Waals surface area contributed by atoms with E-state index in [-0.39, 0.29) is 5.91 Å². The molecule has 19 heavy (non-hydrogen) atoms. The highest BCUT2D eigenvalue weighted by atomic mass is 79.9. The van der Waals surface area contributed by atoms with Crippen molar-refractivity contribution in [3.8, 4) is 0 Å². The van der Waals surface area contributed by atoms with E-state index in [2.05, 4.69) is 31.7 Å². The summed E-state index contributed by atoms with van der Waals surface area (Å²) in [6.07, 6.45) is 3.88. The first-order chi connectivity index (χ1) is 9.20. The van der Waals surface area contributed by atoms with Crippen molar-refractivity contribution in [1.82, 2.24) is 10.3 Å². The lowest BCUT2D eigenvalue weighted by Crippen LogP contribution is -2.27. The van der Waals surface area contributed by atoms with Crippen LogP contribution in [-0.4, -0.2) is 17.4 Å². The van der Waals surface area contributed by atoms with Gasteiger partial charge in [0.1, 0.15) is 0 Å². The van der Waals surface area contributed by atoms with Gasteiger partial charge in [0, 0.05) is 17.6 Å². The van der Waals surface area contributed by atoms with Crippen molar-refractivity contribution in [3.63, 3.8) is 0 Å². The third-order valence-corrected chi connectivity index (χ3v) is 4.19. The number of hydrazine groups is 1. The fourth-order valence-corrected chi connectivity index (χ4v) is 3.07. The van der Waals surface area contributed by atoms with E-state index in [4.69, 9.17) is 5.84 Å². The minimum absolute atomic E-state index is 0.161. The Hall–Kier alpha value is -1.44. The van der Waals surface area contributed by atoms with Gasteiger partial charge in [0.15, 0.2) is 0 Å². The molecule has 2 aromatic rings. The van der Waals surface area contributed by atoms with Crippen molar-refractivity contribution in [2.75, 3.05) is 12.0 Å². The number of nitrogen functional groups attached to an aromatic ring is 1. The number of carbonyl (C=O) groups is 1. The summed E-state index contributed by atoms with van der Waals surface area (Å²) in [5.41, 5.74) is 3.46. The van der Waals surface area contributed by atoms with E-state index in [0.717, 1.165) is 10.2 Å². The summed E-state index contributed by atoms with van der Waals surface area (Å²) >= 11 is 5.08. The van der Waals surface area contributed by atoms with E-state index in [0.29, 0.717) is 17.8 Å². The van der Waals surface area contributed by atoms with Gasteiger partial charge in [-0.3, -0.25) is 15.6 Å². The van der Waals surface area contributed by atoms with Gasteiger partial charge in [-0.15, -0.1) is 11.3 Å². The maximum absolute atomic E-state index is 12.0. The zero-order valence-corrected chi connectivity index (χ0v) is 12.4. The number of pyridine rings is 1. The van der Waals surface area contributed by atoms with Crippen molar-refractivity contribution < 1.29 is 4.79 Å². The SMILES string of the molecule is NNc1cnccc1C(=O)NCCc1ccc(Br)s1. The lowest BCUT2D eigenvalue weighted by molar-refractivity contribution is 0.0955. The maximum Gasteiger partial charge on any atom is 0.253 e. The number of hydrogen-bond acceptors (Lipinski definition) is 5. The average molecular weight is 341 g/mol. The maximum atomic E-state index is 12.0.